The molecule has 1 amide bonds. The molecule has 1 aliphatic rings. The van der Waals surface area contributed by atoms with Crippen LogP contribution in [-0.4, -0.2) is 34.4 Å². The molecule has 0 radical (unpaired) electrons. The molecule has 30 heavy (non-hydrogen) atoms. The number of likely N-dealkylation sites (N-methyl/N-ethyl adjacent to an activating group) is 1. The van der Waals surface area contributed by atoms with Crippen LogP contribution in [-0.2, 0) is 11.3 Å². The van der Waals surface area contributed by atoms with Crippen LogP contribution in [0.1, 0.15) is 27.8 Å². The predicted octanol–water partition coefficient (Wildman–Crippen LogP) is 3.63. The van der Waals surface area contributed by atoms with Gasteiger partial charge in [0.15, 0.2) is 11.6 Å². The first-order valence-electron chi connectivity index (χ1n) is 9.40. The van der Waals surface area contributed by atoms with Crippen LogP contribution in [0.25, 0.3) is 21.7 Å². The number of hydrogen-bond donors (Lipinski definition) is 2. The molecule has 1 unspecified atom stereocenters. The molecule has 0 bridgehead atoms. The third-order valence-electron chi connectivity index (χ3n) is 5.59. The van der Waals surface area contributed by atoms with Crippen molar-refractivity contribution in [2.45, 2.75) is 12.6 Å². The number of amides is 1. The minimum atomic E-state index is -1.10. The minimum absolute atomic E-state index is 0.0333. The number of H-pyrrole nitrogens is 2. The van der Waals surface area contributed by atoms with Gasteiger partial charge in [-0.15, -0.1) is 0 Å². The van der Waals surface area contributed by atoms with Gasteiger partial charge in [-0.25, -0.2) is 8.78 Å². The van der Waals surface area contributed by atoms with Crippen LogP contribution in [0.5, 0.6) is 0 Å². The van der Waals surface area contributed by atoms with E-state index in [9.17, 15) is 18.4 Å². The van der Waals surface area contributed by atoms with Crippen molar-refractivity contribution in [1.29, 1.82) is 0 Å². The van der Waals surface area contributed by atoms with Crippen LogP contribution in [0.3, 0.4) is 0 Å². The molecule has 6 nitrogen and oxygen atoms in total. The maximum atomic E-state index is 14.0. The molecule has 4 aromatic rings. The van der Waals surface area contributed by atoms with Crippen LogP contribution in [0, 0.1) is 11.6 Å². The van der Waals surface area contributed by atoms with Gasteiger partial charge < -0.3 is 19.6 Å². The summed E-state index contributed by atoms with van der Waals surface area (Å²) in [4.78, 5) is 32.8. The maximum Gasteiger partial charge on any atom is 0.270 e. The Balaban J connectivity index is 1.63. The Bertz CT molecular complexity index is 1340. The third-order valence-corrected chi connectivity index (χ3v) is 5.59. The number of carbonyl (C=O) groups is 1. The highest BCUT2D eigenvalue weighted by molar-refractivity contribution is 5.98. The van der Waals surface area contributed by atoms with Crippen LogP contribution >= 0.6 is 0 Å². The van der Waals surface area contributed by atoms with E-state index in [0.29, 0.717) is 17.0 Å². The van der Waals surface area contributed by atoms with E-state index in [-0.39, 0.29) is 29.9 Å². The Labute approximate surface area is 169 Å². The Morgan fingerprint density at radius 1 is 1.10 bits per heavy atom. The molecule has 1 atom stereocenters. The van der Waals surface area contributed by atoms with Crippen LogP contribution in [0.2, 0.25) is 0 Å². The topological polar surface area (TPSA) is 78.2 Å². The number of carbonyl (C=O) groups excluding carboxylic acids is 1. The normalized spacial score (nSPS) is 16.0. The number of rotatable bonds is 2. The first-order chi connectivity index (χ1) is 14.4. The second kappa shape index (κ2) is 6.77. The number of hydrogen-bond acceptors (Lipinski definition) is 3. The smallest absolute Gasteiger partial charge is 0.270 e. The molecule has 2 N–H and O–H groups in total. The lowest BCUT2D eigenvalue weighted by atomic mass is 9.95. The number of nitrogens with zero attached hydrogens (tertiary/aromatic N) is 1. The Morgan fingerprint density at radius 2 is 1.83 bits per heavy atom. The number of pyridine rings is 1. The summed E-state index contributed by atoms with van der Waals surface area (Å²) in [5.41, 5.74) is 1.71. The van der Waals surface area contributed by atoms with Crippen molar-refractivity contribution < 1.29 is 18.3 Å². The van der Waals surface area contributed by atoms with E-state index < -0.39 is 23.2 Å². The molecule has 0 saturated heterocycles. The van der Waals surface area contributed by atoms with Crippen molar-refractivity contribution in [3.63, 3.8) is 0 Å². The summed E-state index contributed by atoms with van der Waals surface area (Å²) in [6, 6.07) is 10.6. The van der Waals surface area contributed by atoms with Gasteiger partial charge in [-0.1, -0.05) is 18.2 Å². The van der Waals surface area contributed by atoms with Crippen molar-refractivity contribution in [3.05, 3.63) is 81.4 Å². The highest BCUT2D eigenvalue weighted by Gasteiger charge is 2.32. The summed E-state index contributed by atoms with van der Waals surface area (Å²) >= 11 is 0. The molecule has 3 heterocycles. The molecule has 2 aromatic carbocycles. The van der Waals surface area contributed by atoms with Crippen molar-refractivity contribution >= 4 is 27.6 Å². The van der Waals surface area contributed by atoms with E-state index >= 15 is 0 Å². The van der Waals surface area contributed by atoms with Gasteiger partial charge in [-0.3, -0.25) is 9.59 Å². The predicted molar refractivity (Wildman–Crippen MR) is 107 cm³/mol. The maximum absolute atomic E-state index is 14.0. The second-order valence-electron chi connectivity index (χ2n) is 7.38. The molecule has 0 spiro atoms. The first kappa shape index (κ1) is 18.5. The molecule has 1 aliphatic heterocycles. The standard InChI is InChI=1S/C22H17F2N3O3/c1-27(22(29)17-6-11-4-2-3-5-16(11)25-17)19-10-30-9-18-20(19)12-7-14(23)15(24)8-13(12)21(28)26-18/h2-8,19,25H,9-10H2,1H3,(H,26,28). The summed E-state index contributed by atoms with van der Waals surface area (Å²) in [5, 5.41) is 1.21. The van der Waals surface area contributed by atoms with Gasteiger partial charge in [0.05, 0.1) is 24.6 Å². The van der Waals surface area contributed by atoms with Gasteiger partial charge >= 0.3 is 0 Å². The molecular weight excluding hydrogens is 392 g/mol. The summed E-state index contributed by atoms with van der Waals surface area (Å²) in [6.45, 7) is 0.278. The lowest BCUT2D eigenvalue weighted by Crippen LogP contribution is -2.37. The molecule has 2 aromatic heterocycles. The average Bonchev–Trinajstić information content (AvgIpc) is 3.18. The largest absolute Gasteiger partial charge is 0.373 e. The highest BCUT2D eigenvalue weighted by Crippen LogP contribution is 2.34. The van der Waals surface area contributed by atoms with E-state index in [1.165, 1.54) is 4.90 Å². The molecule has 8 heteroatoms. The van der Waals surface area contributed by atoms with Crippen LogP contribution in [0.15, 0.2) is 47.3 Å². The van der Waals surface area contributed by atoms with Gasteiger partial charge in [-0.2, -0.15) is 0 Å². The zero-order valence-corrected chi connectivity index (χ0v) is 16.0. The van der Waals surface area contributed by atoms with E-state index in [1.807, 2.05) is 24.3 Å². The van der Waals surface area contributed by atoms with E-state index in [4.69, 9.17) is 4.74 Å². The zero-order chi connectivity index (χ0) is 21.0. The third kappa shape index (κ3) is 2.80. The lowest BCUT2D eigenvalue weighted by molar-refractivity contribution is 0.0333. The zero-order valence-electron chi connectivity index (χ0n) is 16.0. The summed E-state index contributed by atoms with van der Waals surface area (Å²) in [6.07, 6.45) is 0. The fourth-order valence-electron chi connectivity index (χ4n) is 4.07. The number of aromatic nitrogens is 2. The number of ether oxygens (including phenoxy) is 1. The number of para-hydroxylation sites is 1. The quantitative estimate of drug-likeness (QED) is 0.531. The summed E-state index contributed by atoms with van der Waals surface area (Å²) < 4.78 is 33.4. The highest BCUT2D eigenvalue weighted by atomic mass is 19.2. The number of halogens is 2. The molecular formula is C22H17F2N3O3. The Hall–Kier alpha value is -3.52. The Morgan fingerprint density at radius 3 is 2.60 bits per heavy atom. The minimum Gasteiger partial charge on any atom is -0.373 e. The fraction of sp³-hybridized carbons (Fsp3) is 0.182. The van der Waals surface area contributed by atoms with E-state index in [2.05, 4.69) is 9.97 Å². The van der Waals surface area contributed by atoms with Crippen molar-refractivity contribution in [3.8, 4) is 0 Å². The lowest BCUT2D eigenvalue weighted by Gasteiger charge is -2.33. The summed E-state index contributed by atoms with van der Waals surface area (Å²) in [7, 11) is 1.62. The van der Waals surface area contributed by atoms with Crippen molar-refractivity contribution in [2.24, 2.45) is 0 Å². The Kier molecular flexibility index (Phi) is 4.18. The first-order valence-corrected chi connectivity index (χ1v) is 9.40. The van der Waals surface area contributed by atoms with E-state index in [0.717, 1.165) is 23.0 Å². The van der Waals surface area contributed by atoms with Crippen molar-refractivity contribution in [1.82, 2.24) is 14.9 Å². The van der Waals surface area contributed by atoms with Crippen LogP contribution in [0.4, 0.5) is 8.78 Å². The summed E-state index contributed by atoms with van der Waals surface area (Å²) in [5.74, 6) is -2.43. The van der Waals surface area contributed by atoms with Crippen molar-refractivity contribution in [2.75, 3.05) is 13.7 Å². The van der Waals surface area contributed by atoms with Gasteiger partial charge in [0, 0.05) is 29.2 Å². The number of nitrogens with one attached hydrogen (secondary N) is 2. The molecule has 152 valence electrons. The monoisotopic (exact) mass is 409 g/mol. The number of fused-ring (bicyclic) bond motifs is 4. The molecule has 5 rings (SSSR count). The van der Waals surface area contributed by atoms with Gasteiger partial charge in [-0.05, 0) is 29.7 Å². The average molecular weight is 409 g/mol. The van der Waals surface area contributed by atoms with Gasteiger partial charge in [0.2, 0.25) is 0 Å². The SMILES string of the molecule is CN(C(=O)c1cc2ccccc2[nH]1)C1COCc2[nH]c(=O)c3cc(F)c(F)cc3c21. The molecule has 0 saturated carbocycles. The molecule has 0 fully saturated rings. The molecule has 0 aliphatic carbocycles. The number of benzene rings is 2. The number of aromatic amines is 2. The van der Waals surface area contributed by atoms with Gasteiger partial charge in [0.25, 0.3) is 11.5 Å². The van der Waals surface area contributed by atoms with Gasteiger partial charge in [0.1, 0.15) is 5.69 Å². The van der Waals surface area contributed by atoms with E-state index in [1.54, 1.807) is 13.1 Å². The fourth-order valence-corrected chi connectivity index (χ4v) is 4.07. The second-order valence-corrected chi connectivity index (χ2v) is 7.38. The van der Waals surface area contributed by atoms with Crippen LogP contribution < -0.4 is 5.56 Å².